The van der Waals surface area contributed by atoms with E-state index >= 15 is 0 Å². The second kappa shape index (κ2) is 15.0. The van der Waals surface area contributed by atoms with Crippen molar-refractivity contribution in [1.29, 1.82) is 0 Å². The molecule has 0 bridgehead atoms. The van der Waals surface area contributed by atoms with Crippen LogP contribution in [0.1, 0.15) is 43.2 Å². The van der Waals surface area contributed by atoms with Crippen LogP contribution in [-0.2, 0) is 32.6 Å². The topological polar surface area (TPSA) is 86.8 Å². The molecular formula is C31H33Cl4N3O4S. The lowest BCUT2D eigenvalue weighted by Gasteiger charge is -2.35. The van der Waals surface area contributed by atoms with Gasteiger partial charge in [-0.2, -0.15) is 0 Å². The van der Waals surface area contributed by atoms with Crippen LogP contribution in [0, 0.1) is 0 Å². The van der Waals surface area contributed by atoms with Gasteiger partial charge in [0.25, 0.3) is 0 Å². The Morgan fingerprint density at radius 2 is 1.53 bits per heavy atom. The third-order valence-electron chi connectivity index (χ3n) is 7.42. The molecule has 0 spiro atoms. The highest BCUT2D eigenvalue weighted by molar-refractivity contribution is 7.92. The fourth-order valence-corrected chi connectivity index (χ4v) is 6.81. The number of hydrogen-bond donors (Lipinski definition) is 1. The number of sulfonamides is 1. The molecule has 1 aliphatic carbocycles. The maximum atomic E-state index is 14.3. The molecule has 1 fully saturated rings. The Hall–Kier alpha value is -2.49. The summed E-state index contributed by atoms with van der Waals surface area (Å²) in [5, 5.41) is 4.16. The summed E-state index contributed by atoms with van der Waals surface area (Å²) in [6, 6.07) is 17.8. The summed E-state index contributed by atoms with van der Waals surface area (Å²) in [7, 11) is -3.99. The monoisotopic (exact) mass is 683 g/mol. The SMILES string of the molecule is CS(=O)(=O)N(CC(=O)N(Cc1ccc(Cl)c(Cl)c1)[C@@H](Cc1ccccc1)C(=O)NC1CCCCC1)c1cc(Cl)ccc1Cl. The molecule has 0 unspecified atom stereocenters. The first kappa shape index (κ1) is 33.4. The summed E-state index contributed by atoms with van der Waals surface area (Å²) >= 11 is 25.0. The molecule has 1 aliphatic rings. The number of benzene rings is 3. The number of hydrogen-bond acceptors (Lipinski definition) is 4. The molecule has 3 aromatic carbocycles. The van der Waals surface area contributed by atoms with Crippen LogP contribution in [0.5, 0.6) is 0 Å². The summed E-state index contributed by atoms with van der Waals surface area (Å²) in [5.74, 6) is -0.914. The van der Waals surface area contributed by atoms with Crippen LogP contribution in [-0.4, -0.2) is 50.0 Å². The minimum atomic E-state index is -3.99. The molecule has 7 nitrogen and oxygen atoms in total. The van der Waals surface area contributed by atoms with E-state index in [1.807, 2.05) is 30.3 Å². The highest BCUT2D eigenvalue weighted by atomic mass is 35.5. The smallest absolute Gasteiger partial charge is 0.244 e. The largest absolute Gasteiger partial charge is 0.352 e. The number of carbonyl (C=O) groups excluding carboxylic acids is 2. The normalized spacial score (nSPS) is 14.6. The number of amides is 2. The van der Waals surface area contributed by atoms with Crippen LogP contribution < -0.4 is 9.62 Å². The van der Waals surface area contributed by atoms with Gasteiger partial charge < -0.3 is 10.2 Å². The van der Waals surface area contributed by atoms with Gasteiger partial charge in [-0.25, -0.2) is 8.42 Å². The van der Waals surface area contributed by atoms with Crippen molar-refractivity contribution < 1.29 is 18.0 Å². The van der Waals surface area contributed by atoms with Crippen molar-refractivity contribution in [2.75, 3.05) is 17.1 Å². The molecule has 2 amide bonds. The quantitative estimate of drug-likeness (QED) is 0.232. The number of anilines is 1. The first-order valence-corrected chi connectivity index (χ1v) is 17.3. The van der Waals surface area contributed by atoms with Gasteiger partial charge in [-0.05, 0) is 54.3 Å². The third kappa shape index (κ3) is 9.25. The highest BCUT2D eigenvalue weighted by Gasteiger charge is 2.34. The zero-order valence-corrected chi connectivity index (χ0v) is 27.5. The minimum absolute atomic E-state index is 0.000706. The Balaban J connectivity index is 1.76. The van der Waals surface area contributed by atoms with E-state index in [2.05, 4.69) is 5.32 Å². The molecule has 0 aliphatic heterocycles. The molecule has 1 saturated carbocycles. The first-order chi connectivity index (χ1) is 20.4. The van der Waals surface area contributed by atoms with Crippen LogP contribution in [0.15, 0.2) is 66.7 Å². The Kier molecular flexibility index (Phi) is 11.6. The van der Waals surface area contributed by atoms with E-state index in [1.165, 1.54) is 23.1 Å². The van der Waals surface area contributed by atoms with E-state index in [4.69, 9.17) is 46.4 Å². The summed E-state index contributed by atoms with van der Waals surface area (Å²) in [6.45, 7) is -0.631. The Morgan fingerprint density at radius 1 is 0.860 bits per heavy atom. The maximum absolute atomic E-state index is 14.3. The van der Waals surface area contributed by atoms with E-state index in [-0.39, 0.29) is 40.6 Å². The number of nitrogens with zero attached hydrogens (tertiary/aromatic N) is 2. The molecule has 0 heterocycles. The molecule has 0 aromatic heterocycles. The van der Waals surface area contributed by atoms with E-state index < -0.39 is 28.5 Å². The second-order valence-corrected chi connectivity index (χ2v) is 14.2. The number of rotatable bonds is 11. The van der Waals surface area contributed by atoms with E-state index in [0.29, 0.717) is 15.6 Å². The van der Waals surface area contributed by atoms with Crippen molar-refractivity contribution in [1.82, 2.24) is 10.2 Å². The average molecular weight is 686 g/mol. The van der Waals surface area contributed by atoms with E-state index in [0.717, 1.165) is 48.2 Å². The number of nitrogens with one attached hydrogen (secondary N) is 1. The summed E-state index contributed by atoms with van der Waals surface area (Å²) < 4.78 is 26.9. The zero-order chi connectivity index (χ0) is 31.1. The third-order valence-corrected chi connectivity index (χ3v) is 9.84. The van der Waals surface area contributed by atoms with Crippen molar-refractivity contribution in [2.24, 2.45) is 0 Å². The van der Waals surface area contributed by atoms with Gasteiger partial charge in [0.2, 0.25) is 21.8 Å². The fraction of sp³-hybridized carbons (Fsp3) is 0.355. The van der Waals surface area contributed by atoms with Gasteiger partial charge >= 0.3 is 0 Å². The maximum Gasteiger partial charge on any atom is 0.244 e. The van der Waals surface area contributed by atoms with Gasteiger partial charge in [0, 0.05) is 24.0 Å². The molecule has 3 aromatic rings. The number of carbonyl (C=O) groups is 2. The molecule has 1 atom stereocenters. The molecular weight excluding hydrogens is 652 g/mol. The molecule has 12 heteroatoms. The van der Waals surface area contributed by atoms with Gasteiger partial charge in [0.15, 0.2) is 0 Å². The van der Waals surface area contributed by atoms with Crippen LogP contribution in [0.2, 0.25) is 20.1 Å². The summed E-state index contributed by atoms with van der Waals surface area (Å²) in [4.78, 5) is 29.7. The van der Waals surface area contributed by atoms with Crippen molar-refractivity contribution in [3.63, 3.8) is 0 Å². The molecule has 43 heavy (non-hydrogen) atoms. The van der Waals surface area contributed by atoms with Crippen molar-refractivity contribution in [2.45, 2.75) is 57.2 Å². The molecule has 0 saturated heterocycles. The van der Waals surface area contributed by atoms with Crippen LogP contribution in [0.3, 0.4) is 0 Å². The van der Waals surface area contributed by atoms with Crippen molar-refractivity contribution in [3.05, 3.63) is 97.9 Å². The lowest BCUT2D eigenvalue weighted by Crippen LogP contribution is -2.55. The fourth-order valence-electron chi connectivity index (χ4n) is 5.20. The lowest BCUT2D eigenvalue weighted by molar-refractivity contribution is -0.140. The first-order valence-electron chi connectivity index (χ1n) is 13.9. The Bertz CT molecular complexity index is 1550. The zero-order valence-electron chi connectivity index (χ0n) is 23.6. The standard InChI is InChI=1S/C31H33Cl4N3O4S/c1-43(41,42)38(28-18-23(32)13-15-26(28)34)20-30(39)37(19-22-12-14-25(33)27(35)16-22)29(17-21-8-4-2-5-9-21)31(40)36-24-10-6-3-7-11-24/h2,4-5,8-9,12-16,18,24,29H,3,6-7,10-11,17,19-20H2,1H3,(H,36,40)/t29-/m0/s1. The molecule has 4 rings (SSSR count). The van der Waals surface area contributed by atoms with Crippen LogP contribution in [0.25, 0.3) is 0 Å². The van der Waals surface area contributed by atoms with Gasteiger partial charge in [-0.1, -0.05) is 102 Å². The van der Waals surface area contributed by atoms with Crippen molar-refractivity contribution >= 4 is 73.9 Å². The van der Waals surface area contributed by atoms with Gasteiger partial charge in [0.05, 0.1) is 27.0 Å². The van der Waals surface area contributed by atoms with Gasteiger partial charge in [0.1, 0.15) is 12.6 Å². The Labute approximate surface area is 273 Å². The lowest BCUT2D eigenvalue weighted by atomic mass is 9.94. The highest BCUT2D eigenvalue weighted by Crippen LogP contribution is 2.31. The predicted molar refractivity (Wildman–Crippen MR) is 175 cm³/mol. The summed E-state index contributed by atoms with van der Waals surface area (Å²) in [6.07, 6.45) is 6.07. The van der Waals surface area contributed by atoms with Gasteiger partial charge in [-0.15, -0.1) is 0 Å². The van der Waals surface area contributed by atoms with E-state index in [1.54, 1.807) is 18.2 Å². The van der Waals surface area contributed by atoms with Crippen molar-refractivity contribution in [3.8, 4) is 0 Å². The predicted octanol–water partition coefficient (Wildman–Crippen LogP) is 7.16. The summed E-state index contributed by atoms with van der Waals surface area (Å²) in [5.41, 5.74) is 1.53. The molecule has 0 radical (unpaired) electrons. The molecule has 1 N–H and O–H groups in total. The van der Waals surface area contributed by atoms with Crippen LogP contribution >= 0.6 is 46.4 Å². The minimum Gasteiger partial charge on any atom is -0.352 e. The van der Waals surface area contributed by atoms with Gasteiger partial charge in [-0.3, -0.25) is 13.9 Å². The van der Waals surface area contributed by atoms with Crippen LogP contribution in [0.4, 0.5) is 5.69 Å². The second-order valence-electron chi connectivity index (χ2n) is 10.7. The van der Waals surface area contributed by atoms with E-state index in [9.17, 15) is 18.0 Å². The Morgan fingerprint density at radius 3 is 2.19 bits per heavy atom. The number of halogens is 4. The average Bonchev–Trinajstić information content (AvgIpc) is 2.97. The molecule has 230 valence electrons.